The summed E-state index contributed by atoms with van der Waals surface area (Å²) in [6.07, 6.45) is 2.28. The number of carbonyl (C=O) groups is 1. The zero-order valence-corrected chi connectivity index (χ0v) is 17.4. The Morgan fingerprint density at radius 3 is 2.55 bits per heavy atom. The van der Waals surface area contributed by atoms with Crippen molar-refractivity contribution in [2.75, 3.05) is 11.9 Å². The quantitative estimate of drug-likeness (QED) is 0.549. The summed E-state index contributed by atoms with van der Waals surface area (Å²) < 4.78 is 7.53. The fourth-order valence-corrected chi connectivity index (χ4v) is 3.91. The minimum atomic E-state index is -0.319. The average molecular weight is 409 g/mol. The highest BCUT2D eigenvalue weighted by molar-refractivity contribution is 8.00. The van der Waals surface area contributed by atoms with Crippen LogP contribution in [0, 0.1) is 0 Å². The van der Waals surface area contributed by atoms with Crippen LogP contribution in [0.2, 0.25) is 0 Å². The number of anilines is 1. The predicted octanol–water partition coefficient (Wildman–Crippen LogP) is 4.66. The fourth-order valence-electron chi connectivity index (χ4n) is 3.04. The second-order valence-electron chi connectivity index (χ2n) is 6.99. The van der Waals surface area contributed by atoms with Gasteiger partial charge >= 0.3 is 0 Å². The van der Waals surface area contributed by atoms with Gasteiger partial charge in [-0.3, -0.25) is 9.36 Å². The summed E-state index contributed by atoms with van der Waals surface area (Å²) in [5.74, 6) is 2.16. The zero-order valence-electron chi connectivity index (χ0n) is 16.5. The first kappa shape index (κ1) is 19.5. The van der Waals surface area contributed by atoms with E-state index in [9.17, 15) is 4.79 Å². The van der Waals surface area contributed by atoms with Crippen molar-refractivity contribution in [1.29, 1.82) is 0 Å². The maximum Gasteiger partial charge on any atom is 0.237 e. The topological polar surface area (TPSA) is 69.0 Å². The van der Waals surface area contributed by atoms with E-state index in [-0.39, 0.29) is 11.2 Å². The second-order valence-corrected chi connectivity index (χ2v) is 8.30. The first-order valence-corrected chi connectivity index (χ1v) is 10.7. The maximum atomic E-state index is 12.7. The van der Waals surface area contributed by atoms with Crippen LogP contribution >= 0.6 is 11.8 Å². The number of rotatable bonds is 8. The van der Waals surface area contributed by atoms with E-state index in [0.717, 1.165) is 40.9 Å². The van der Waals surface area contributed by atoms with Gasteiger partial charge in [0.2, 0.25) is 5.91 Å². The molecule has 0 spiro atoms. The third-order valence-corrected chi connectivity index (χ3v) is 5.74. The van der Waals surface area contributed by atoms with E-state index in [1.807, 2.05) is 68.4 Å². The van der Waals surface area contributed by atoms with E-state index >= 15 is 0 Å². The molecule has 0 saturated heterocycles. The van der Waals surface area contributed by atoms with Gasteiger partial charge in [-0.25, -0.2) is 0 Å². The van der Waals surface area contributed by atoms with Crippen molar-refractivity contribution in [1.82, 2.24) is 14.8 Å². The fraction of sp³-hybridized carbons (Fsp3) is 0.318. The van der Waals surface area contributed by atoms with Crippen molar-refractivity contribution in [2.24, 2.45) is 0 Å². The van der Waals surface area contributed by atoms with Crippen LogP contribution in [0.3, 0.4) is 0 Å². The van der Waals surface area contributed by atoms with E-state index in [1.54, 1.807) is 0 Å². The molecule has 0 aliphatic heterocycles. The predicted molar refractivity (Wildman–Crippen MR) is 115 cm³/mol. The summed E-state index contributed by atoms with van der Waals surface area (Å²) in [6.45, 7) is 4.44. The van der Waals surface area contributed by atoms with Gasteiger partial charge < -0.3 is 10.1 Å². The Labute approximate surface area is 174 Å². The van der Waals surface area contributed by atoms with Gasteiger partial charge in [0.25, 0.3) is 0 Å². The summed E-state index contributed by atoms with van der Waals surface area (Å²) in [5, 5.41) is 12.2. The molecule has 1 aliphatic rings. The van der Waals surface area contributed by atoms with Crippen LogP contribution in [-0.4, -0.2) is 32.5 Å². The van der Waals surface area contributed by atoms with E-state index in [4.69, 9.17) is 4.74 Å². The molecule has 4 rings (SSSR count). The van der Waals surface area contributed by atoms with Gasteiger partial charge in [-0.05, 0) is 63.1 Å². The van der Waals surface area contributed by atoms with Crippen LogP contribution in [0.25, 0.3) is 5.69 Å². The van der Waals surface area contributed by atoms with Gasteiger partial charge in [0.1, 0.15) is 11.6 Å². The average Bonchev–Trinajstić information content (AvgIpc) is 3.50. The number of ether oxygens (including phenoxy) is 1. The summed E-state index contributed by atoms with van der Waals surface area (Å²) in [6, 6.07) is 17.5. The van der Waals surface area contributed by atoms with Gasteiger partial charge in [-0.2, -0.15) is 0 Å². The summed E-state index contributed by atoms with van der Waals surface area (Å²) >= 11 is 1.42. The standard InChI is InChI=1S/C22H24N4O2S/c1-3-28-19-13-11-17(12-14-19)23-21(27)15(2)29-22-25-24-20(16-9-10-16)26(22)18-7-5-4-6-8-18/h4-8,11-16H,3,9-10H2,1-2H3,(H,23,27). The van der Waals surface area contributed by atoms with E-state index in [2.05, 4.69) is 20.1 Å². The van der Waals surface area contributed by atoms with Crippen molar-refractivity contribution >= 4 is 23.4 Å². The second kappa shape index (κ2) is 8.69. The van der Waals surface area contributed by atoms with Crippen LogP contribution in [0.1, 0.15) is 38.4 Å². The number of nitrogens with zero attached hydrogens (tertiary/aromatic N) is 3. The molecule has 1 aromatic heterocycles. The minimum Gasteiger partial charge on any atom is -0.494 e. The molecule has 1 aliphatic carbocycles. The lowest BCUT2D eigenvalue weighted by Gasteiger charge is -2.14. The third-order valence-electron chi connectivity index (χ3n) is 4.70. The number of nitrogens with one attached hydrogen (secondary N) is 1. The normalized spacial score (nSPS) is 14.4. The molecule has 1 amide bonds. The van der Waals surface area contributed by atoms with Gasteiger partial charge in [0, 0.05) is 17.3 Å². The molecule has 2 aromatic carbocycles. The molecule has 1 heterocycles. The van der Waals surface area contributed by atoms with Crippen LogP contribution < -0.4 is 10.1 Å². The van der Waals surface area contributed by atoms with E-state index in [0.29, 0.717) is 12.5 Å². The summed E-state index contributed by atoms with van der Waals surface area (Å²) in [5.41, 5.74) is 1.77. The van der Waals surface area contributed by atoms with Crippen molar-refractivity contribution in [3.63, 3.8) is 0 Å². The molecule has 1 fully saturated rings. The van der Waals surface area contributed by atoms with Crippen molar-refractivity contribution in [3.05, 3.63) is 60.4 Å². The number of para-hydroxylation sites is 1. The van der Waals surface area contributed by atoms with Crippen LogP contribution in [0.4, 0.5) is 5.69 Å². The molecule has 3 aromatic rings. The number of carbonyl (C=O) groups excluding carboxylic acids is 1. The number of amides is 1. The largest absolute Gasteiger partial charge is 0.494 e. The highest BCUT2D eigenvalue weighted by atomic mass is 32.2. The molecule has 0 bridgehead atoms. The van der Waals surface area contributed by atoms with Crippen LogP contribution in [0.15, 0.2) is 59.8 Å². The zero-order chi connectivity index (χ0) is 20.2. The van der Waals surface area contributed by atoms with Crippen LogP contribution in [0.5, 0.6) is 5.75 Å². The Kier molecular flexibility index (Phi) is 5.85. The first-order valence-electron chi connectivity index (χ1n) is 9.87. The summed E-state index contributed by atoms with van der Waals surface area (Å²) in [7, 11) is 0. The molecule has 7 heteroatoms. The van der Waals surface area contributed by atoms with Gasteiger partial charge in [-0.15, -0.1) is 10.2 Å². The molecule has 1 unspecified atom stereocenters. The molecule has 1 N–H and O–H groups in total. The molecule has 150 valence electrons. The number of hydrogen-bond donors (Lipinski definition) is 1. The lowest BCUT2D eigenvalue weighted by Crippen LogP contribution is -2.22. The molecule has 0 radical (unpaired) electrons. The Morgan fingerprint density at radius 2 is 1.90 bits per heavy atom. The number of aromatic nitrogens is 3. The Balaban J connectivity index is 1.48. The molecule has 1 atom stereocenters. The Hall–Kier alpha value is -2.80. The number of thioether (sulfide) groups is 1. The van der Waals surface area contributed by atoms with E-state index in [1.165, 1.54) is 11.8 Å². The molecule has 1 saturated carbocycles. The monoisotopic (exact) mass is 408 g/mol. The first-order chi connectivity index (χ1) is 14.2. The number of hydrogen-bond acceptors (Lipinski definition) is 5. The highest BCUT2D eigenvalue weighted by Crippen LogP contribution is 2.41. The molecular formula is C22H24N4O2S. The van der Waals surface area contributed by atoms with Crippen molar-refractivity contribution in [2.45, 2.75) is 43.0 Å². The van der Waals surface area contributed by atoms with Gasteiger partial charge in [0.05, 0.1) is 11.9 Å². The van der Waals surface area contributed by atoms with Crippen molar-refractivity contribution in [3.8, 4) is 11.4 Å². The molecular weight excluding hydrogens is 384 g/mol. The van der Waals surface area contributed by atoms with Crippen LogP contribution in [-0.2, 0) is 4.79 Å². The Bertz CT molecular complexity index is 968. The van der Waals surface area contributed by atoms with Gasteiger partial charge in [0.15, 0.2) is 5.16 Å². The molecule has 6 nitrogen and oxygen atoms in total. The summed E-state index contributed by atoms with van der Waals surface area (Å²) in [4.78, 5) is 12.7. The SMILES string of the molecule is CCOc1ccc(NC(=O)C(C)Sc2nnc(C3CC3)n2-c2ccccc2)cc1. The lowest BCUT2D eigenvalue weighted by atomic mass is 10.3. The van der Waals surface area contributed by atoms with E-state index < -0.39 is 0 Å². The third kappa shape index (κ3) is 4.62. The maximum absolute atomic E-state index is 12.7. The van der Waals surface area contributed by atoms with Crippen molar-refractivity contribution < 1.29 is 9.53 Å². The minimum absolute atomic E-state index is 0.0743. The Morgan fingerprint density at radius 1 is 1.17 bits per heavy atom. The van der Waals surface area contributed by atoms with Gasteiger partial charge in [-0.1, -0.05) is 30.0 Å². The number of benzene rings is 2. The lowest BCUT2D eigenvalue weighted by molar-refractivity contribution is -0.115. The molecule has 29 heavy (non-hydrogen) atoms. The smallest absolute Gasteiger partial charge is 0.237 e. The highest BCUT2D eigenvalue weighted by Gasteiger charge is 2.31.